The summed E-state index contributed by atoms with van der Waals surface area (Å²) in [4.78, 5) is 39.4. The van der Waals surface area contributed by atoms with E-state index < -0.39 is 46.4 Å². The smallest absolute Gasteiger partial charge is 0.432 e. The lowest BCUT2D eigenvalue weighted by Crippen LogP contribution is -2.55. The topological polar surface area (TPSA) is 130 Å². The second-order valence-electron chi connectivity index (χ2n) is 9.57. The van der Waals surface area contributed by atoms with Crippen molar-refractivity contribution in [3.8, 4) is 23.0 Å². The number of alkyl halides is 3. The van der Waals surface area contributed by atoms with E-state index in [9.17, 15) is 32.7 Å². The Morgan fingerprint density at radius 3 is 2.31 bits per heavy atom. The van der Waals surface area contributed by atoms with Crippen LogP contribution in [0.5, 0.6) is 23.0 Å². The first-order valence-corrected chi connectivity index (χ1v) is 12.9. The van der Waals surface area contributed by atoms with Crippen molar-refractivity contribution in [3.05, 3.63) is 52.2 Å². The molecule has 3 atom stereocenters. The van der Waals surface area contributed by atoms with Gasteiger partial charge in [-0.05, 0) is 25.5 Å². The van der Waals surface area contributed by atoms with Crippen LogP contribution in [0, 0.1) is 5.92 Å². The molecule has 2 aromatic rings. The summed E-state index contributed by atoms with van der Waals surface area (Å²) in [6.07, 6.45) is -4.16. The summed E-state index contributed by atoms with van der Waals surface area (Å²) in [6, 6.07) is 4.28. The van der Waals surface area contributed by atoms with Gasteiger partial charge < -0.3 is 34.1 Å². The molecule has 14 heteroatoms. The fourth-order valence-corrected chi connectivity index (χ4v) is 5.31. The average molecular weight is 614 g/mol. The number of methoxy groups -OCH3 is 3. The van der Waals surface area contributed by atoms with Crippen LogP contribution in [0.3, 0.4) is 0 Å². The van der Waals surface area contributed by atoms with E-state index in [0.29, 0.717) is 5.70 Å². The highest BCUT2D eigenvalue weighted by molar-refractivity contribution is 6.36. The van der Waals surface area contributed by atoms with E-state index in [4.69, 9.17) is 30.5 Å². The Morgan fingerprint density at radius 2 is 1.76 bits per heavy atom. The standard InChI is InChI=1S/C28H27ClF3NO9/c1-6-41-25(36)27(37,28(30,31)32)14-7-8-16(17(10-14)38-3)33-15-9-13(2)26(20(34)11-15)24(35)21-18(39-4)12-19(40-5)22(29)23(21)42-26/h7-8,10-13,33,37H,6,9H2,1-5H3/t13-,26+,27-/m1/s1. The number of fused-ring (bicyclic) bond motifs is 1. The van der Waals surface area contributed by atoms with E-state index >= 15 is 0 Å². The van der Waals surface area contributed by atoms with Crippen molar-refractivity contribution in [2.24, 2.45) is 5.92 Å². The average Bonchev–Trinajstić information content (AvgIpc) is 3.26. The zero-order valence-corrected chi connectivity index (χ0v) is 23.9. The van der Waals surface area contributed by atoms with Gasteiger partial charge in [0.2, 0.25) is 17.2 Å². The van der Waals surface area contributed by atoms with Crippen LogP contribution in [-0.4, -0.2) is 62.4 Å². The van der Waals surface area contributed by atoms with Crippen molar-refractivity contribution in [3.63, 3.8) is 0 Å². The fraction of sp³-hybridized carbons (Fsp3) is 0.393. The third-order valence-corrected chi connectivity index (χ3v) is 7.56. The monoisotopic (exact) mass is 613 g/mol. The number of halogens is 4. The van der Waals surface area contributed by atoms with Gasteiger partial charge >= 0.3 is 12.1 Å². The van der Waals surface area contributed by atoms with Gasteiger partial charge in [0.25, 0.3) is 5.60 Å². The highest BCUT2D eigenvalue weighted by Crippen LogP contribution is 2.53. The molecule has 0 unspecified atom stereocenters. The zero-order valence-electron chi connectivity index (χ0n) is 23.1. The molecule has 0 bridgehead atoms. The van der Waals surface area contributed by atoms with Crippen LogP contribution in [0.2, 0.25) is 5.02 Å². The minimum atomic E-state index is -5.40. The summed E-state index contributed by atoms with van der Waals surface area (Å²) in [7, 11) is 3.89. The second-order valence-corrected chi connectivity index (χ2v) is 9.95. The number of carbonyl (C=O) groups is 3. The summed E-state index contributed by atoms with van der Waals surface area (Å²) in [6.45, 7) is 2.54. The Morgan fingerprint density at radius 1 is 1.12 bits per heavy atom. The van der Waals surface area contributed by atoms with E-state index in [-0.39, 0.29) is 52.3 Å². The number of hydrogen-bond donors (Lipinski definition) is 2. The largest absolute Gasteiger partial charge is 0.496 e. The minimum absolute atomic E-state index is 0.00196. The predicted octanol–water partition coefficient (Wildman–Crippen LogP) is 4.60. The molecule has 2 aliphatic rings. The lowest BCUT2D eigenvalue weighted by atomic mass is 9.74. The first kappa shape index (κ1) is 31.0. The molecule has 1 heterocycles. The maximum absolute atomic E-state index is 13.8. The molecular weight excluding hydrogens is 587 g/mol. The van der Waals surface area contributed by atoms with Crippen LogP contribution in [0.4, 0.5) is 18.9 Å². The van der Waals surface area contributed by atoms with Crippen LogP contribution >= 0.6 is 11.6 Å². The summed E-state index contributed by atoms with van der Waals surface area (Å²) in [5.41, 5.74) is -6.30. The van der Waals surface area contributed by atoms with Gasteiger partial charge in [0.15, 0.2) is 5.75 Å². The van der Waals surface area contributed by atoms with Crippen molar-refractivity contribution in [1.29, 1.82) is 0 Å². The summed E-state index contributed by atoms with van der Waals surface area (Å²) < 4.78 is 67.7. The molecule has 42 heavy (non-hydrogen) atoms. The van der Waals surface area contributed by atoms with Gasteiger partial charge in [-0.2, -0.15) is 13.2 Å². The number of benzene rings is 2. The van der Waals surface area contributed by atoms with Crippen LogP contribution in [0.15, 0.2) is 36.0 Å². The highest BCUT2D eigenvalue weighted by atomic mass is 35.5. The SMILES string of the molecule is CCOC(=O)[C@](O)(c1ccc(NC2=CC(=O)[C@@]3(Oc4c(Cl)c(OC)cc(OC)c4C3=O)[C@H](C)C2)c(OC)c1)C(F)(F)F. The molecule has 2 aromatic carbocycles. The number of aliphatic hydroxyl groups is 1. The van der Waals surface area contributed by atoms with Gasteiger partial charge in [-0.15, -0.1) is 0 Å². The molecule has 226 valence electrons. The normalized spacial score (nSPS) is 21.2. The third-order valence-electron chi connectivity index (χ3n) is 7.21. The van der Waals surface area contributed by atoms with Crippen molar-refractivity contribution in [2.45, 2.75) is 37.6 Å². The van der Waals surface area contributed by atoms with Crippen LogP contribution in [0.1, 0.15) is 36.2 Å². The lowest BCUT2D eigenvalue weighted by Gasteiger charge is -2.35. The predicted molar refractivity (Wildman–Crippen MR) is 142 cm³/mol. The number of esters is 1. The maximum atomic E-state index is 13.8. The number of hydrogen-bond acceptors (Lipinski definition) is 10. The van der Waals surface area contributed by atoms with Gasteiger partial charge in [-0.1, -0.05) is 24.6 Å². The lowest BCUT2D eigenvalue weighted by molar-refractivity contribution is -0.267. The quantitative estimate of drug-likeness (QED) is 0.322. The number of Topliss-reactive ketones (excluding diaryl/α,β-unsaturated/α-hetero) is 1. The molecule has 0 amide bonds. The molecule has 1 aliphatic carbocycles. The van der Waals surface area contributed by atoms with E-state index in [0.717, 1.165) is 24.3 Å². The number of carbonyl (C=O) groups excluding carboxylic acids is 3. The molecule has 0 aromatic heterocycles. The van der Waals surface area contributed by atoms with Crippen LogP contribution in [-0.2, 0) is 19.9 Å². The Bertz CT molecular complexity index is 1490. The van der Waals surface area contributed by atoms with Gasteiger partial charge in [-0.25, -0.2) is 4.79 Å². The molecule has 2 N–H and O–H groups in total. The molecular formula is C28H27ClF3NO9. The first-order chi connectivity index (χ1) is 19.7. The highest BCUT2D eigenvalue weighted by Gasteiger charge is 2.63. The van der Waals surface area contributed by atoms with Crippen molar-refractivity contribution >= 4 is 34.8 Å². The summed E-state index contributed by atoms with van der Waals surface area (Å²) >= 11 is 6.40. The molecule has 1 spiro atoms. The number of rotatable bonds is 8. The Kier molecular flexibility index (Phi) is 8.13. The number of allylic oxidation sites excluding steroid dienone is 1. The number of ether oxygens (including phenoxy) is 5. The van der Waals surface area contributed by atoms with Gasteiger partial charge in [0.05, 0.1) is 33.6 Å². The molecule has 0 saturated heterocycles. The van der Waals surface area contributed by atoms with E-state index in [1.807, 2.05) is 0 Å². The molecule has 10 nitrogen and oxygen atoms in total. The molecule has 0 saturated carbocycles. The molecule has 0 fully saturated rings. The first-order valence-electron chi connectivity index (χ1n) is 12.6. The Balaban J connectivity index is 1.68. The molecule has 0 radical (unpaired) electrons. The summed E-state index contributed by atoms with van der Waals surface area (Å²) in [5.74, 6) is -3.89. The van der Waals surface area contributed by atoms with E-state index in [2.05, 4.69) is 10.1 Å². The number of ketones is 2. The maximum Gasteiger partial charge on any atom is 0.432 e. The van der Waals surface area contributed by atoms with Gasteiger partial charge in [0, 0.05) is 29.3 Å². The molecule has 4 rings (SSSR count). The van der Waals surface area contributed by atoms with Crippen LogP contribution < -0.4 is 24.3 Å². The second kappa shape index (κ2) is 11.0. The van der Waals surface area contributed by atoms with Crippen molar-refractivity contribution in [1.82, 2.24) is 0 Å². The Labute approximate surface area is 243 Å². The zero-order chi connectivity index (χ0) is 31.2. The van der Waals surface area contributed by atoms with E-state index in [1.165, 1.54) is 34.3 Å². The number of anilines is 1. The van der Waals surface area contributed by atoms with Gasteiger partial charge in [-0.3, -0.25) is 9.59 Å². The fourth-order valence-electron chi connectivity index (χ4n) is 5.04. The van der Waals surface area contributed by atoms with Crippen LogP contribution in [0.25, 0.3) is 0 Å². The number of nitrogens with one attached hydrogen (secondary N) is 1. The summed E-state index contributed by atoms with van der Waals surface area (Å²) in [5, 5.41) is 13.3. The van der Waals surface area contributed by atoms with Crippen molar-refractivity contribution < 1.29 is 56.3 Å². The van der Waals surface area contributed by atoms with E-state index in [1.54, 1.807) is 6.92 Å². The van der Waals surface area contributed by atoms with Crippen molar-refractivity contribution in [2.75, 3.05) is 33.3 Å². The van der Waals surface area contributed by atoms with Gasteiger partial charge in [0.1, 0.15) is 27.8 Å². The minimum Gasteiger partial charge on any atom is -0.496 e. The third kappa shape index (κ3) is 4.60. The Hall–Kier alpha value is -3.97. The molecule has 1 aliphatic heterocycles.